The van der Waals surface area contributed by atoms with Gasteiger partial charge in [-0.1, -0.05) is 0 Å². The van der Waals surface area contributed by atoms with Gasteiger partial charge in [-0.05, 0) is 31.4 Å². The summed E-state index contributed by atoms with van der Waals surface area (Å²) < 4.78 is 32.3. The second-order valence-electron chi connectivity index (χ2n) is 4.80. The van der Waals surface area contributed by atoms with Crippen LogP contribution < -0.4 is 0 Å². The van der Waals surface area contributed by atoms with Crippen LogP contribution in [-0.2, 0) is 21.5 Å². The molecule has 2 heterocycles. The summed E-state index contributed by atoms with van der Waals surface area (Å²) in [6, 6.07) is 2.38. The Kier molecular flexibility index (Phi) is 4.46. The summed E-state index contributed by atoms with van der Waals surface area (Å²) in [5, 5.41) is 9.17. The Morgan fingerprint density at radius 3 is 2.90 bits per heavy atom. The number of piperidine rings is 1. The van der Waals surface area contributed by atoms with Gasteiger partial charge in [-0.25, -0.2) is 0 Å². The molecule has 1 unspecified atom stereocenters. The molecule has 1 saturated heterocycles. The number of rotatable bonds is 5. The smallest absolute Gasteiger partial charge is 0.322 e. The van der Waals surface area contributed by atoms with Crippen molar-refractivity contribution in [1.29, 1.82) is 0 Å². The Balaban J connectivity index is 2.17. The lowest BCUT2D eigenvalue weighted by atomic mass is 10.1. The lowest BCUT2D eigenvalue weighted by Crippen LogP contribution is -2.52. The molecule has 0 aromatic carbocycles. The topological polar surface area (TPSA) is 91.1 Å². The van der Waals surface area contributed by atoms with Crippen molar-refractivity contribution in [2.24, 2.45) is 0 Å². The van der Waals surface area contributed by atoms with Crippen LogP contribution in [0.25, 0.3) is 0 Å². The molecule has 8 heteroatoms. The monoisotopic (exact) mass is 302 g/mol. The van der Waals surface area contributed by atoms with E-state index >= 15 is 0 Å². The van der Waals surface area contributed by atoms with Gasteiger partial charge in [0.15, 0.2) is 0 Å². The molecular weight excluding hydrogens is 284 g/mol. The second-order valence-corrected chi connectivity index (χ2v) is 6.79. The first-order valence-electron chi connectivity index (χ1n) is 6.41. The van der Waals surface area contributed by atoms with Crippen LogP contribution in [0.5, 0.6) is 0 Å². The molecule has 1 aromatic heterocycles. The summed E-state index contributed by atoms with van der Waals surface area (Å²) in [6.45, 7) is 0.319. The fourth-order valence-electron chi connectivity index (χ4n) is 2.31. The Morgan fingerprint density at radius 2 is 2.30 bits per heavy atom. The van der Waals surface area contributed by atoms with Crippen LogP contribution in [0.4, 0.5) is 0 Å². The molecule has 1 atom stereocenters. The summed E-state index contributed by atoms with van der Waals surface area (Å²) in [5.74, 6) is -0.584. The fourth-order valence-corrected chi connectivity index (χ4v) is 3.84. The summed E-state index contributed by atoms with van der Waals surface area (Å²) in [7, 11) is -2.38. The zero-order chi connectivity index (χ0) is 14.8. The van der Waals surface area contributed by atoms with Gasteiger partial charge in [-0.3, -0.25) is 4.79 Å². The van der Waals surface area contributed by atoms with E-state index in [4.69, 9.17) is 9.52 Å². The predicted molar refractivity (Wildman–Crippen MR) is 71.1 cm³/mol. The second kappa shape index (κ2) is 5.94. The van der Waals surface area contributed by atoms with Crippen molar-refractivity contribution in [3.8, 4) is 0 Å². The summed E-state index contributed by atoms with van der Waals surface area (Å²) in [4.78, 5) is 11.2. The molecule has 1 aromatic rings. The molecule has 0 amide bonds. The van der Waals surface area contributed by atoms with Crippen molar-refractivity contribution in [3.05, 3.63) is 24.2 Å². The van der Waals surface area contributed by atoms with E-state index in [0.29, 0.717) is 18.6 Å². The molecule has 0 bridgehead atoms. The average Bonchev–Trinajstić information content (AvgIpc) is 2.91. The third-order valence-electron chi connectivity index (χ3n) is 3.39. The molecular formula is C12H18N2O5S. The quantitative estimate of drug-likeness (QED) is 0.872. The lowest BCUT2D eigenvalue weighted by molar-refractivity contribution is -0.142. The van der Waals surface area contributed by atoms with Crippen molar-refractivity contribution < 1.29 is 22.7 Å². The molecule has 1 aliphatic rings. The molecule has 0 spiro atoms. The Bertz CT molecular complexity index is 554. The molecule has 0 saturated carbocycles. The van der Waals surface area contributed by atoms with E-state index in [2.05, 4.69) is 0 Å². The molecule has 20 heavy (non-hydrogen) atoms. The molecule has 1 aliphatic heterocycles. The number of hydrogen-bond acceptors (Lipinski definition) is 4. The molecule has 2 rings (SSSR count). The lowest BCUT2D eigenvalue weighted by Gasteiger charge is -2.34. The van der Waals surface area contributed by atoms with Gasteiger partial charge in [0.1, 0.15) is 11.8 Å². The van der Waals surface area contributed by atoms with Crippen LogP contribution in [0.15, 0.2) is 22.8 Å². The van der Waals surface area contributed by atoms with E-state index in [9.17, 15) is 13.2 Å². The van der Waals surface area contributed by atoms with E-state index < -0.39 is 22.2 Å². The van der Waals surface area contributed by atoms with Gasteiger partial charge in [0.05, 0.1) is 12.8 Å². The van der Waals surface area contributed by atoms with Crippen LogP contribution >= 0.6 is 0 Å². The first-order chi connectivity index (χ1) is 9.43. The third kappa shape index (κ3) is 3.02. The number of nitrogens with zero attached hydrogens (tertiary/aromatic N) is 2. The third-order valence-corrected chi connectivity index (χ3v) is 5.33. The van der Waals surface area contributed by atoms with Crippen molar-refractivity contribution in [1.82, 2.24) is 8.61 Å². The molecule has 1 N–H and O–H groups in total. The number of carbonyl (C=O) groups is 1. The maximum absolute atomic E-state index is 12.5. The fraction of sp³-hybridized carbons (Fsp3) is 0.583. The highest BCUT2D eigenvalue weighted by Crippen LogP contribution is 2.23. The predicted octanol–water partition coefficient (Wildman–Crippen LogP) is 0.895. The van der Waals surface area contributed by atoms with Crippen molar-refractivity contribution in [2.75, 3.05) is 13.6 Å². The van der Waals surface area contributed by atoms with Crippen molar-refractivity contribution in [2.45, 2.75) is 31.8 Å². The number of carboxylic acids is 1. The standard InChI is InChI=1S/C12H18N2O5S/c1-13(9-10-5-4-8-19-10)20(17,18)14-7-3-2-6-11(14)12(15)16/h4-5,8,11H,2-3,6-7,9H2,1H3,(H,15,16). The minimum Gasteiger partial charge on any atom is -0.480 e. The zero-order valence-corrected chi connectivity index (χ0v) is 12.0. The summed E-state index contributed by atoms with van der Waals surface area (Å²) in [6.07, 6.45) is 3.22. The minimum atomic E-state index is -3.81. The SMILES string of the molecule is CN(Cc1ccco1)S(=O)(=O)N1CCCCC1C(=O)O. The van der Waals surface area contributed by atoms with Gasteiger partial charge in [0.25, 0.3) is 10.2 Å². The maximum Gasteiger partial charge on any atom is 0.322 e. The van der Waals surface area contributed by atoms with E-state index in [1.165, 1.54) is 13.3 Å². The van der Waals surface area contributed by atoms with Gasteiger partial charge in [-0.2, -0.15) is 17.0 Å². The summed E-state index contributed by atoms with van der Waals surface area (Å²) in [5.41, 5.74) is 0. The highest BCUT2D eigenvalue weighted by Gasteiger charge is 2.38. The van der Waals surface area contributed by atoms with Crippen LogP contribution in [0.3, 0.4) is 0 Å². The summed E-state index contributed by atoms with van der Waals surface area (Å²) >= 11 is 0. The van der Waals surface area contributed by atoms with Crippen LogP contribution in [0, 0.1) is 0 Å². The van der Waals surface area contributed by atoms with E-state index in [1.54, 1.807) is 12.1 Å². The maximum atomic E-state index is 12.5. The molecule has 7 nitrogen and oxygen atoms in total. The van der Waals surface area contributed by atoms with Gasteiger partial charge < -0.3 is 9.52 Å². The normalized spacial score (nSPS) is 21.2. The van der Waals surface area contributed by atoms with Crippen LogP contribution in [-0.4, -0.2) is 47.7 Å². The number of furan rings is 1. The Morgan fingerprint density at radius 1 is 1.55 bits per heavy atom. The van der Waals surface area contributed by atoms with Crippen molar-refractivity contribution >= 4 is 16.2 Å². The molecule has 0 aliphatic carbocycles. The van der Waals surface area contributed by atoms with E-state index in [1.807, 2.05) is 0 Å². The molecule has 112 valence electrons. The molecule has 1 fully saturated rings. The largest absolute Gasteiger partial charge is 0.480 e. The molecule has 0 radical (unpaired) electrons. The highest BCUT2D eigenvalue weighted by molar-refractivity contribution is 7.86. The first-order valence-corrected chi connectivity index (χ1v) is 7.81. The van der Waals surface area contributed by atoms with E-state index in [-0.39, 0.29) is 13.1 Å². The number of aliphatic carboxylic acids is 1. The van der Waals surface area contributed by atoms with Crippen LogP contribution in [0.1, 0.15) is 25.0 Å². The zero-order valence-electron chi connectivity index (χ0n) is 11.2. The highest BCUT2D eigenvalue weighted by atomic mass is 32.2. The van der Waals surface area contributed by atoms with Crippen LogP contribution in [0.2, 0.25) is 0 Å². The number of carboxylic acid groups (broad SMARTS) is 1. The minimum absolute atomic E-state index is 0.0815. The average molecular weight is 302 g/mol. The van der Waals surface area contributed by atoms with Gasteiger partial charge in [0.2, 0.25) is 0 Å². The first kappa shape index (κ1) is 15.0. The Hall–Kier alpha value is -1.38. The Labute approximate surface area is 118 Å². The van der Waals surface area contributed by atoms with Gasteiger partial charge in [-0.15, -0.1) is 0 Å². The van der Waals surface area contributed by atoms with Crippen molar-refractivity contribution in [3.63, 3.8) is 0 Å². The van der Waals surface area contributed by atoms with Gasteiger partial charge in [0, 0.05) is 13.6 Å². The number of hydrogen-bond donors (Lipinski definition) is 1. The van der Waals surface area contributed by atoms with E-state index in [0.717, 1.165) is 15.0 Å². The van der Waals surface area contributed by atoms with Gasteiger partial charge >= 0.3 is 5.97 Å².